The summed E-state index contributed by atoms with van der Waals surface area (Å²) in [4.78, 5) is 28.9. The number of carbonyl (C=O) groups is 2. The number of amides is 2. The van der Waals surface area contributed by atoms with Crippen LogP contribution in [0.25, 0.3) is 5.82 Å². The third-order valence-corrected chi connectivity index (χ3v) is 5.23. The number of aromatic nitrogens is 2. The molecule has 0 aliphatic heterocycles. The molecule has 2 aromatic heterocycles. The molecule has 6 heteroatoms. The normalized spacial score (nSPS) is 19.8. The van der Waals surface area contributed by atoms with Crippen LogP contribution in [-0.2, 0) is 4.79 Å². The predicted octanol–water partition coefficient (Wildman–Crippen LogP) is 2.52. The van der Waals surface area contributed by atoms with E-state index in [1.165, 1.54) is 0 Å². The van der Waals surface area contributed by atoms with E-state index in [1.54, 1.807) is 13.2 Å². The van der Waals surface area contributed by atoms with Crippen LogP contribution in [-0.4, -0.2) is 34.5 Å². The number of pyridine rings is 1. The van der Waals surface area contributed by atoms with Gasteiger partial charge >= 0.3 is 0 Å². The Bertz CT molecular complexity index is 790. The first kappa shape index (κ1) is 18.2. The molecule has 1 aliphatic carbocycles. The lowest BCUT2D eigenvalue weighted by atomic mass is 9.85. The molecule has 2 amide bonds. The minimum absolute atomic E-state index is 0.0522. The molecule has 2 heterocycles. The number of rotatable bonds is 4. The summed E-state index contributed by atoms with van der Waals surface area (Å²) in [6.07, 6.45) is 5.06. The van der Waals surface area contributed by atoms with E-state index in [0.717, 1.165) is 42.9 Å². The molecule has 0 spiro atoms. The fourth-order valence-electron chi connectivity index (χ4n) is 3.80. The molecular formula is C20H26N4O2. The van der Waals surface area contributed by atoms with Gasteiger partial charge in [-0.15, -0.1) is 0 Å². The van der Waals surface area contributed by atoms with Gasteiger partial charge in [0.2, 0.25) is 5.91 Å². The Balaban J connectivity index is 1.69. The number of hydrogen-bond acceptors (Lipinski definition) is 3. The lowest BCUT2D eigenvalue weighted by Gasteiger charge is -2.28. The van der Waals surface area contributed by atoms with Crippen molar-refractivity contribution >= 4 is 11.8 Å². The maximum absolute atomic E-state index is 12.8. The summed E-state index contributed by atoms with van der Waals surface area (Å²) in [5, 5.41) is 5.85. The fraction of sp³-hybridized carbons (Fsp3) is 0.450. The summed E-state index contributed by atoms with van der Waals surface area (Å²) in [5.74, 6) is 0.937. The van der Waals surface area contributed by atoms with Gasteiger partial charge in [-0.25, -0.2) is 4.98 Å². The van der Waals surface area contributed by atoms with Gasteiger partial charge in [0, 0.05) is 36.6 Å². The highest BCUT2D eigenvalue weighted by molar-refractivity contribution is 5.96. The molecule has 3 rings (SSSR count). The summed E-state index contributed by atoms with van der Waals surface area (Å²) in [6.45, 7) is 3.92. The lowest BCUT2D eigenvalue weighted by molar-refractivity contribution is -0.125. The van der Waals surface area contributed by atoms with Crippen molar-refractivity contribution in [2.75, 3.05) is 7.05 Å². The van der Waals surface area contributed by atoms with Crippen molar-refractivity contribution in [1.82, 2.24) is 20.2 Å². The van der Waals surface area contributed by atoms with Crippen LogP contribution >= 0.6 is 0 Å². The Morgan fingerprint density at radius 2 is 1.88 bits per heavy atom. The molecule has 0 aromatic carbocycles. The van der Waals surface area contributed by atoms with Gasteiger partial charge in [-0.1, -0.05) is 6.07 Å². The number of carbonyl (C=O) groups excluding carboxylic acids is 2. The van der Waals surface area contributed by atoms with Crippen LogP contribution in [0.1, 0.15) is 47.4 Å². The van der Waals surface area contributed by atoms with Crippen LogP contribution in [0.3, 0.4) is 0 Å². The Hall–Kier alpha value is -2.63. The average Bonchev–Trinajstić information content (AvgIpc) is 2.96. The molecule has 0 unspecified atom stereocenters. The standard InChI is InChI=1S/C20H26N4O2/c1-13-12-17(14(2)24(13)18-6-4-5-11-22-18)20(26)23-16-9-7-15(8-10-16)19(25)21-3/h4-6,11-12,15-16H,7-10H2,1-3H3,(H,21,25)(H,23,26). The summed E-state index contributed by atoms with van der Waals surface area (Å²) < 4.78 is 2.00. The predicted molar refractivity (Wildman–Crippen MR) is 100 cm³/mol. The molecule has 138 valence electrons. The van der Waals surface area contributed by atoms with Crippen LogP contribution in [0.5, 0.6) is 0 Å². The van der Waals surface area contributed by atoms with E-state index in [2.05, 4.69) is 15.6 Å². The van der Waals surface area contributed by atoms with Crippen LogP contribution < -0.4 is 10.6 Å². The van der Waals surface area contributed by atoms with Crippen molar-refractivity contribution < 1.29 is 9.59 Å². The molecule has 26 heavy (non-hydrogen) atoms. The van der Waals surface area contributed by atoms with Crippen molar-refractivity contribution in [2.45, 2.75) is 45.6 Å². The zero-order valence-electron chi connectivity index (χ0n) is 15.6. The zero-order chi connectivity index (χ0) is 18.7. The van der Waals surface area contributed by atoms with Crippen molar-refractivity contribution in [3.05, 3.63) is 47.4 Å². The highest BCUT2D eigenvalue weighted by atomic mass is 16.2. The van der Waals surface area contributed by atoms with E-state index in [-0.39, 0.29) is 23.8 Å². The fourth-order valence-corrected chi connectivity index (χ4v) is 3.80. The van der Waals surface area contributed by atoms with Crippen LogP contribution in [0.15, 0.2) is 30.5 Å². The number of aryl methyl sites for hydroxylation is 1. The lowest BCUT2D eigenvalue weighted by Crippen LogP contribution is -2.40. The maximum atomic E-state index is 12.8. The molecule has 1 fully saturated rings. The first-order valence-electron chi connectivity index (χ1n) is 9.14. The van der Waals surface area contributed by atoms with Crippen LogP contribution in [0.2, 0.25) is 0 Å². The van der Waals surface area contributed by atoms with E-state index in [0.29, 0.717) is 5.56 Å². The minimum atomic E-state index is -0.0522. The highest BCUT2D eigenvalue weighted by Gasteiger charge is 2.27. The minimum Gasteiger partial charge on any atom is -0.359 e. The summed E-state index contributed by atoms with van der Waals surface area (Å²) in [5.41, 5.74) is 2.55. The van der Waals surface area contributed by atoms with Gasteiger partial charge in [0.1, 0.15) is 5.82 Å². The van der Waals surface area contributed by atoms with Gasteiger partial charge in [0.15, 0.2) is 0 Å². The Morgan fingerprint density at radius 1 is 1.15 bits per heavy atom. The molecule has 0 saturated heterocycles. The highest BCUT2D eigenvalue weighted by Crippen LogP contribution is 2.25. The molecule has 2 aromatic rings. The number of nitrogens with one attached hydrogen (secondary N) is 2. The average molecular weight is 354 g/mol. The molecule has 6 nitrogen and oxygen atoms in total. The van der Waals surface area contributed by atoms with Crippen molar-refractivity contribution in [3.63, 3.8) is 0 Å². The van der Waals surface area contributed by atoms with Crippen LogP contribution in [0, 0.1) is 19.8 Å². The first-order chi connectivity index (χ1) is 12.5. The summed E-state index contributed by atoms with van der Waals surface area (Å²) in [7, 11) is 1.67. The van der Waals surface area contributed by atoms with Crippen LogP contribution in [0.4, 0.5) is 0 Å². The SMILES string of the molecule is CNC(=O)C1CCC(NC(=O)c2cc(C)n(-c3ccccn3)c2C)CC1. The van der Waals surface area contributed by atoms with Crippen molar-refractivity contribution in [3.8, 4) is 5.82 Å². The first-order valence-corrected chi connectivity index (χ1v) is 9.14. The van der Waals surface area contributed by atoms with E-state index >= 15 is 0 Å². The van der Waals surface area contributed by atoms with E-state index in [1.807, 2.05) is 42.7 Å². The molecule has 1 saturated carbocycles. The topological polar surface area (TPSA) is 76.0 Å². The monoisotopic (exact) mass is 354 g/mol. The number of nitrogens with zero attached hydrogens (tertiary/aromatic N) is 2. The Morgan fingerprint density at radius 3 is 2.50 bits per heavy atom. The van der Waals surface area contributed by atoms with Gasteiger partial charge < -0.3 is 15.2 Å². The van der Waals surface area contributed by atoms with Crippen molar-refractivity contribution in [1.29, 1.82) is 0 Å². The van der Waals surface area contributed by atoms with E-state index in [9.17, 15) is 9.59 Å². The second-order valence-electron chi connectivity index (χ2n) is 6.94. The summed E-state index contributed by atoms with van der Waals surface area (Å²) in [6, 6.07) is 7.78. The van der Waals surface area contributed by atoms with Gasteiger partial charge in [0.25, 0.3) is 5.91 Å². The largest absolute Gasteiger partial charge is 0.359 e. The second-order valence-corrected chi connectivity index (χ2v) is 6.94. The molecule has 2 N–H and O–H groups in total. The van der Waals surface area contributed by atoms with Gasteiger partial charge in [-0.05, 0) is 57.7 Å². The molecule has 0 bridgehead atoms. The second kappa shape index (κ2) is 7.72. The third kappa shape index (κ3) is 3.64. The van der Waals surface area contributed by atoms with E-state index < -0.39 is 0 Å². The number of hydrogen-bond donors (Lipinski definition) is 2. The van der Waals surface area contributed by atoms with Gasteiger partial charge in [-0.2, -0.15) is 0 Å². The maximum Gasteiger partial charge on any atom is 0.253 e. The third-order valence-electron chi connectivity index (χ3n) is 5.23. The molecular weight excluding hydrogens is 328 g/mol. The molecule has 0 atom stereocenters. The quantitative estimate of drug-likeness (QED) is 0.886. The van der Waals surface area contributed by atoms with E-state index in [4.69, 9.17) is 0 Å². The zero-order valence-corrected chi connectivity index (χ0v) is 15.6. The summed E-state index contributed by atoms with van der Waals surface area (Å²) >= 11 is 0. The van der Waals surface area contributed by atoms with Gasteiger partial charge in [-0.3, -0.25) is 9.59 Å². The molecule has 1 aliphatic rings. The van der Waals surface area contributed by atoms with Crippen molar-refractivity contribution in [2.24, 2.45) is 5.92 Å². The van der Waals surface area contributed by atoms with Gasteiger partial charge in [0.05, 0.1) is 5.56 Å². The molecule has 0 radical (unpaired) electrons. The Kier molecular flexibility index (Phi) is 5.40. The smallest absolute Gasteiger partial charge is 0.253 e. The Labute approximate surface area is 154 Å².